The molecule has 7 nitrogen and oxygen atoms in total. The number of aliphatic hydroxyl groups excluding tert-OH is 1. The summed E-state index contributed by atoms with van der Waals surface area (Å²) in [6, 6.07) is 18.1. The van der Waals surface area contributed by atoms with E-state index in [1.54, 1.807) is 16.7 Å². The van der Waals surface area contributed by atoms with Crippen LogP contribution >= 0.6 is 11.8 Å². The van der Waals surface area contributed by atoms with Gasteiger partial charge in [-0.05, 0) is 50.7 Å². The molecule has 208 valence electrons. The third kappa shape index (κ3) is 4.97. The van der Waals surface area contributed by atoms with E-state index in [-0.39, 0.29) is 35.5 Å². The van der Waals surface area contributed by atoms with Gasteiger partial charge in [0.25, 0.3) is 0 Å². The Hall–Kier alpha value is -2.84. The van der Waals surface area contributed by atoms with Crippen molar-refractivity contribution in [2.24, 2.45) is 17.8 Å². The summed E-state index contributed by atoms with van der Waals surface area (Å²) in [6.07, 6.45) is 1.20. The standard InChI is InChI=1S/C31H39N3O4S/c1-19-15-23-24(27(36)32-17-21-13-9-6-10-14-21)25-29(38)34(22(18-35)16-20-11-7-5-8-12-20)26(31(19,25)39-23)28(37)33-30(2,3)4/h5-14,19,22-26,35H,15-18H2,1-4H3,(H,32,36)(H,33,37)/t19?,22-,23-,24+,25+,26?,31?/m1/s1. The lowest BCUT2D eigenvalue weighted by Crippen LogP contribution is -2.61. The van der Waals surface area contributed by atoms with Crippen LogP contribution in [0.3, 0.4) is 0 Å². The van der Waals surface area contributed by atoms with Gasteiger partial charge in [-0.3, -0.25) is 14.4 Å². The van der Waals surface area contributed by atoms with Crippen LogP contribution in [-0.4, -0.2) is 62.0 Å². The summed E-state index contributed by atoms with van der Waals surface area (Å²) >= 11 is 1.65. The number of aliphatic hydroxyl groups is 1. The zero-order valence-electron chi connectivity index (χ0n) is 23.1. The summed E-state index contributed by atoms with van der Waals surface area (Å²) in [4.78, 5) is 43.8. The Labute approximate surface area is 235 Å². The maximum absolute atomic E-state index is 14.4. The zero-order valence-corrected chi connectivity index (χ0v) is 23.9. The topological polar surface area (TPSA) is 98.7 Å². The molecule has 0 radical (unpaired) electrons. The number of hydrogen-bond donors (Lipinski definition) is 3. The van der Waals surface area contributed by atoms with Crippen LogP contribution in [0, 0.1) is 17.8 Å². The summed E-state index contributed by atoms with van der Waals surface area (Å²) in [5.41, 5.74) is 1.48. The molecule has 0 aliphatic carbocycles. The zero-order chi connectivity index (χ0) is 27.9. The van der Waals surface area contributed by atoms with Crippen molar-refractivity contribution in [1.82, 2.24) is 15.5 Å². The molecule has 39 heavy (non-hydrogen) atoms. The van der Waals surface area contributed by atoms with Gasteiger partial charge < -0.3 is 20.6 Å². The maximum Gasteiger partial charge on any atom is 0.244 e. The highest BCUT2D eigenvalue weighted by Crippen LogP contribution is 2.68. The lowest BCUT2D eigenvalue weighted by atomic mass is 9.65. The van der Waals surface area contributed by atoms with Gasteiger partial charge in [0.1, 0.15) is 6.04 Å². The van der Waals surface area contributed by atoms with Crippen LogP contribution in [0.1, 0.15) is 45.2 Å². The fraction of sp³-hybridized carbons (Fsp3) is 0.516. The minimum atomic E-state index is -0.771. The van der Waals surface area contributed by atoms with Crippen molar-refractivity contribution in [3.63, 3.8) is 0 Å². The molecule has 0 aromatic heterocycles. The highest BCUT2D eigenvalue weighted by Gasteiger charge is 2.76. The number of benzene rings is 2. The highest BCUT2D eigenvalue weighted by atomic mass is 32.2. The molecule has 2 bridgehead atoms. The first kappa shape index (κ1) is 27.7. The average molecular weight is 550 g/mol. The first-order valence-corrected chi connectivity index (χ1v) is 14.7. The summed E-state index contributed by atoms with van der Waals surface area (Å²) in [5.74, 6) is -1.61. The monoisotopic (exact) mass is 549 g/mol. The molecule has 3 aliphatic heterocycles. The Morgan fingerprint density at radius 1 is 1.05 bits per heavy atom. The highest BCUT2D eigenvalue weighted by molar-refractivity contribution is 8.02. The van der Waals surface area contributed by atoms with Gasteiger partial charge in [0, 0.05) is 17.3 Å². The van der Waals surface area contributed by atoms with Gasteiger partial charge in [-0.1, -0.05) is 67.6 Å². The summed E-state index contributed by atoms with van der Waals surface area (Å²) in [7, 11) is 0. The molecule has 3 aliphatic rings. The number of carbonyl (C=O) groups excluding carboxylic acids is 3. The van der Waals surface area contributed by atoms with Gasteiger partial charge in [-0.25, -0.2) is 0 Å². The number of thioether (sulfide) groups is 1. The summed E-state index contributed by atoms with van der Waals surface area (Å²) < 4.78 is -0.726. The largest absolute Gasteiger partial charge is 0.394 e. The van der Waals surface area contributed by atoms with E-state index < -0.39 is 34.2 Å². The number of rotatable bonds is 8. The van der Waals surface area contributed by atoms with Crippen molar-refractivity contribution in [2.45, 2.75) is 74.7 Å². The minimum absolute atomic E-state index is 0.0292. The third-order valence-corrected chi connectivity index (χ3v) is 10.5. The van der Waals surface area contributed by atoms with Gasteiger partial charge in [0.2, 0.25) is 17.7 Å². The van der Waals surface area contributed by atoms with Gasteiger partial charge in [0.05, 0.1) is 29.2 Å². The van der Waals surface area contributed by atoms with E-state index in [1.165, 1.54) is 0 Å². The van der Waals surface area contributed by atoms with Crippen molar-refractivity contribution in [3.8, 4) is 0 Å². The molecule has 7 atom stereocenters. The fourth-order valence-corrected chi connectivity index (χ4v) is 9.34. The van der Waals surface area contributed by atoms with Crippen molar-refractivity contribution >= 4 is 29.5 Å². The first-order chi connectivity index (χ1) is 18.6. The van der Waals surface area contributed by atoms with Gasteiger partial charge in [-0.15, -0.1) is 11.8 Å². The lowest BCUT2D eigenvalue weighted by molar-refractivity contribution is -0.143. The van der Waals surface area contributed by atoms with Crippen LogP contribution in [0.5, 0.6) is 0 Å². The molecule has 3 N–H and O–H groups in total. The lowest BCUT2D eigenvalue weighted by Gasteiger charge is -2.41. The number of carbonyl (C=O) groups is 3. The molecule has 3 unspecified atom stereocenters. The molecule has 3 fully saturated rings. The first-order valence-electron chi connectivity index (χ1n) is 13.8. The minimum Gasteiger partial charge on any atom is -0.394 e. The second-order valence-electron chi connectivity index (χ2n) is 12.3. The Bertz CT molecular complexity index is 1220. The molecule has 2 aromatic carbocycles. The van der Waals surface area contributed by atoms with Crippen molar-refractivity contribution in [3.05, 3.63) is 71.8 Å². The van der Waals surface area contributed by atoms with Crippen molar-refractivity contribution in [1.29, 1.82) is 0 Å². The summed E-state index contributed by atoms with van der Waals surface area (Å²) in [6.45, 7) is 8.01. The molecule has 3 heterocycles. The molecule has 0 saturated carbocycles. The summed E-state index contributed by atoms with van der Waals surface area (Å²) in [5, 5.41) is 16.7. The number of likely N-dealkylation sites (tertiary alicyclic amines) is 1. The molecular weight excluding hydrogens is 510 g/mol. The van der Waals surface area contributed by atoms with E-state index >= 15 is 0 Å². The van der Waals surface area contributed by atoms with Crippen LogP contribution in [0.25, 0.3) is 0 Å². The molecule has 8 heteroatoms. The molecular formula is C31H39N3O4S. The van der Waals surface area contributed by atoms with Crippen LogP contribution in [-0.2, 0) is 27.3 Å². The molecule has 2 aromatic rings. The maximum atomic E-state index is 14.4. The number of amides is 3. The second kappa shape index (κ2) is 10.6. The normalized spacial score (nSPS) is 30.2. The molecule has 3 amide bonds. The van der Waals surface area contributed by atoms with E-state index in [0.29, 0.717) is 13.0 Å². The van der Waals surface area contributed by atoms with Crippen LogP contribution < -0.4 is 10.6 Å². The van der Waals surface area contributed by atoms with Crippen molar-refractivity contribution in [2.75, 3.05) is 6.61 Å². The predicted octanol–water partition coefficient (Wildman–Crippen LogP) is 3.16. The van der Waals surface area contributed by atoms with E-state index in [9.17, 15) is 19.5 Å². The van der Waals surface area contributed by atoms with Gasteiger partial charge in [-0.2, -0.15) is 0 Å². The fourth-order valence-electron chi connectivity index (χ4n) is 6.93. The van der Waals surface area contributed by atoms with Crippen molar-refractivity contribution < 1.29 is 19.5 Å². The Morgan fingerprint density at radius 3 is 2.26 bits per heavy atom. The van der Waals surface area contributed by atoms with E-state index in [4.69, 9.17) is 0 Å². The number of nitrogens with one attached hydrogen (secondary N) is 2. The third-order valence-electron chi connectivity index (χ3n) is 8.46. The second-order valence-corrected chi connectivity index (χ2v) is 13.8. The van der Waals surface area contributed by atoms with Gasteiger partial charge >= 0.3 is 0 Å². The smallest absolute Gasteiger partial charge is 0.244 e. The van der Waals surface area contributed by atoms with Crippen LogP contribution in [0.15, 0.2) is 60.7 Å². The van der Waals surface area contributed by atoms with E-state index in [1.807, 2.05) is 81.4 Å². The average Bonchev–Trinajstić information content (AvgIpc) is 3.49. The molecule has 5 rings (SSSR count). The molecule has 1 spiro atoms. The van der Waals surface area contributed by atoms with E-state index in [2.05, 4.69) is 17.6 Å². The van der Waals surface area contributed by atoms with Crippen LogP contribution in [0.4, 0.5) is 0 Å². The number of nitrogens with zero attached hydrogens (tertiary/aromatic N) is 1. The quantitative estimate of drug-likeness (QED) is 0.470. The van der Waals surface area contributed by atoms with Gasteiger partial charge in [0.15, 0.2) is 0 Å². The Kier molecular flexibility index (Phi) is 7.55. The van der Waals surface area contributed by atoms with Crippen LogP contribution in [0.2, 0.25) is 0 Å². The number of fused-ring (bicyclic) bond motifs is 1. The molecule has 3 saturated heterocycles. The predicted molar refractivity (Wildman–Crippen MR) is 153 cm³/mol. The Balaban J connectivity index is 1.51. The van der Waals surface area contributed by atoms with E-state index in [0.717, 1.165) is 17.5 Å². The SMILES string of the molecule is CC1C[C@H]2SC13C(C(=O)NC(C)(C)C)N([C@@H](CO)Cc1ccccc1)C(=O)[C@@H]3[C@H]2C(=O)NCc1ccccc1. The number of hydrogen-bond acceptors (Lipinski definition) is 5. The Morgan fingerprint density at radius 2 is 1.67 bits per heavy atom.